The number of amides is 1. The molecular formula is C18H26N2O7S. The predicted molar refractivity (Wildman–Crippen MR) is 102 cm³/mol. The van der Waals surface area contributed by atoms with Crippen LogP contribution >= 0.6 is 0 Å². The zero-order valence-corrected chi connectivity index (χ0v) is 16.7. The van der Waals surface area contributed by atoms with Gasteiger partial charge in [-0.25, -0.2) is 8.42 Å². The molecule has 0 saturated carbocycles. The van der Waals surface area contributed by atoms with Crippen molar-refractivity contribution in [3.8, 4) is 5.75 Å². The number of ether oxygens (including phenoxy) is 3. The topological polar surface area (TPSA) is 123 Å². The highest BCUT2D eigenvalue weighted by Gasteiger charge is 2.46. The summed E-state index contributed by atoms with van der Waals surface area (Å²) < 4.78 is 42.2. The summed E-state index contributed by atoms with van der Waals surface area (Å²) in [5.74, 6) is 0.393. The molecule has 1 aromatic carbocycles. The largest absolute Gasteiger partial charge is 0.487 e. The Labute approximate surface area is 164 Å². The van der Waals surface area contributed by atoms with E-state index >= 15 is 0 Å². The van der Waals surface area contributed by atoms with Gasteiger partial charge in [0.25, 0.3) is 0 Å². The zero-order chi connectivity index (χ0) is 20.3. The van der Waals surface area contributed by atoms with E-state index in [9.17, 15) is 18.3 Å². The van der Waals surface area contributed by atoms with E-state index in [4.69, 9.17) is 14.2 Å². The van der Waals surface area contributed by atoms with Crippen molar-refractivity contribution in [3.63, 3.8) is 0 Å². The predicted octanol–water partition coefficient (Wildman–Crippen LogP) is 0.205. The average molecular weight is 414 g/mol. The zero-order valence-electron chi connectivity index (χ0n) is 15.9. The number of sulfonamides is 1. The van der Waals surface area contributed by atoms with Gasteiger partial charge in [-0.05, 0) is 24.6 Å². The number of fused-ring (bicyclic) bond motifs is 3. The fourth-order valence-electron chi connectivity index (χ4n) is 3.74. The van der Waals surface area contributed by atoms with Crippen LogP contribution < -0.4 is 14.8 Å². The molecule has 0 bridgehead atoms. The van der Waals surface area contributed by atoms with E-state index < -0.39 is 16.1 Å². The maximum absolute atomic E-state index is 12.1. The van der Waals surface area contributed by atoms with Crippen molar-refractivity contribution in [1.82, 2.24) is 5.32 Å². The van der Waals surface area contributed by atoms with Crippen LogP contribution in [0.4, 0.5) is 5.69 Å². The van der Waals surface area contributed by atoms with Crippen LogP contribution in [-0.4, -0.2) is 70.9 Å². The van der Waals surface area contributed by atoms with E-state index in [1.54, 1.807) is 25.3 Å². The summed E-state index contributed by atoms with van der Waals surface area (Å²) in [6.07, 6.45) is 0.486. The highest BCUT2D eigenvalue weighted by Crippen LogP contribution is 2.47. The van der Waals surface area contributed by atoms with Gasteiger partial charge in [0.05, 0.1) is 32.0 Å². The van der Waals surface area contributed by atoms with E-state index in [1.807, 2.05) is 0 Å². The maximum Gasteiger partial charge on any atom is 0.229 e. The molecular weight excluding hydrogens is 388 g/mol. The van der Waals surface area contributed by atoms with Gasteiger partial charge in [-0.3, -0.25) is 9.52 Å². The number of hydrogen-bond acceptors (Lipinski definition) is 7. The second-order valence-corrected chi connectivity index (χ2v) is 8.83. The molecule has 3 N–H and O–H groups in total. The summed E-state index contributed by atoms with van der Waals surface area (Å²) >= 11 is 0. The van der Waals surface area contributed by atoms with Gasteiger partial charge < -0.3 is 24.6 Å². The highest BCUT2D eigenvalue weighted by molar-refractivity contribution is 7.92. The van der Waals surface area contributed by atoms with Crippen molar-refractivity contribution >= 4 is 21.6 Å². The number of methoxy groups -OCH3 is 1. The van der Waals surface area contributed by atoms with Crippen LogP contribution in [0.2, 0.25) is 0 Å². The van der Waals surface area contributed by atoms with Gasteiger partial charge in [-0.1, -0.05) is 0 Å². The smallest absolute Gasteiger partial charge is 0.229 e. The highest BCUT2D eigenvalue weighted by atomic mass is 32.2. The minimum Gasteiger partial charge on any atom is -0.487 e. The Kier molecular flexibility index (Phi) is 6.43. The molecule has 1 fully saturated rings. The van der Waals surface area contributed by atoms with Crippen molar-refractivity contribution in [3.05, 3.63) is 23.8 Å². The van der Waals surface area contributed by atoms with E-state index in [0.29, 0.717) is 31.0 Å². The summed E-state index contributed by atoms with van der Waals surface area (Å²) in [5.41, 5.74) is 1.30. The van der Waals surface area contributed by atoms with E-state index in [-0.39, 0.29) is 37.1 Å². The third-order valence-corrected chi connectivity index (χ3v) is 5.45. The van der Waals surface area contributed by atoms with Crippen LogP contribution in [0, 0.1) is 0 Å². The molecule has 1 amide bonds. The molecule has 2 heterocycles. The van der Waals surface area contributed by atoms with E-state index in [0.717, 1.165) is 11.8 Å². The second-order valence-electron chi connectivity index (χ2n) is 7.08. The SMILES string of the molecule is COCCNC(=O)C[C@H]1C[C@H]2c3cc(NS(C)(=O)=O)ccc3O[C@H]2[C@H](CO)O1. The number of nitrogens with one attached hydrogen (secondary N) is 2. The van der Waals surface area contributed by atoms with Gasteiger partial charge in [0, 0.05) is 30.8 Å². The minimum absolute atomic E-state index is 0.0982. The van der Waals surface area contributed by atoms with Gasteiger partial charge >= 0.3 is 0 Å². The molecule has 28 heavy (non-hydrogen) atoms. The number of aliphatic hydroxyl groups is 1. The van der Waals surface area contributed by atoms with Crippen molar-refractivity contribution in [2.75, 3.05) is 37.8 Å². The molecule has 4 atom stereocenters. The van der Waals surface area contributed by atoms with Crippen LogP contribution in [-0.2, 0) is 24.3 Å². The number of aliphatic hydroxyl groups excluding tert-OH is 1. The lowest BCUT2D eigenvalue weighted by Crippen LogP contribution is -2.47. The Morgan fingerprint density at radius 1 is 1.39 bits per heavy atom. The van der Waals surface area contributed by atoms with Gasteiger partial charge in [0.1, 0.15) is 18.0 Å². The number of rotatable bonds is 8. The third kappa shape index (κ3) is 4.93. The standard InChI is InChI=1S/C18H26N2O7S/c1-25-6-5-19-17(22)9-12-8-14-13-7-11(20-28(2,23)24)3-4-15(13)27-18(14)16(10-21)26-12/h3-4,7,12,14,16,18,20-21H,5-6,8-10H2,1-2H3,(H,19,22)/t12-,14+,16+,18-/m1/s1. The quantitative estimate of drug-likeness (QED) is 0.520. The molecule has 0 radical (unpaired) electrons. The average Bonchev–Trinajstić information content (AvgIpc) is 2.98. The number of anilines is 1. The first-order valence-corrected chi connectivity index (χ1v) is 11.0. The fraction of sp³-hybridized carbons (Fsp3) is 0.611. The van der Waals surface area contributed by atoms with Crippen molar-refractivity contribution < 1.29 is 32.5 Å². The maximum atomic E-state index is 12.1. The lowest BCUT2D eigenvalue weighted by Gasteiger charge is -2.37. The number of carbonyl (C=O) groups is 1. The number of carbonyl (C=O) groups excluding carboxylic acids is 1. The Balaban J connectivity index is 1.74. The minimum atomic E-state index is -3.40. The Morgan fingerprint density at radius 2 is 2.18 bits per heavy atom. The summed E-state index contributed by atoms with van der Waals surface area (Å²) in [6, 6.07) is 5.09. The molecule has 0 spiro atoms. The van der Waals surface area contributed by atoms with Crippen LogP contribution in [0.5, 0.6) is 5.75 Å². The first-order valence-electron chi connectivity index (χ1n) is 9.11. The van der Waals surface area contributed by atoms with Crippen LogP contribution in [0.1, 0.15) is 24.3 Å². The van der Waals surface area contributed by atoms with Crippen LogP contribution in [0.25, 0.3) is 0 Å². The summed E-state index contributed by atoms with van der Waals surface area (Å²) in [5, 5.41) is 12.5. The number of benzene rings is 1. The molecule has 9 nitrogen and oxygen atoms in total. The number of hydrogen-bond donors (Lipinski definition) is 3. The molecule has 0 aliphatic carbocycles. The molecule has 2 aliphatic heterocycles. The van der Waals surface area contributed by atoms with Crippen molar-refractivity contribution in [2.45, 2.75) is 37.1 Å². The summed E-state index contributed by atoms with van der Waals surface area (Å²) in [4.78, 5) is 12.1. The van der Waals surface area contributed by atoms with Crippen LogP contribution in [0.15, 0.2) is 18.2 Å². The Hall–Kier alpha value is -1.88. The van der Waals surface area contributed by atoms with Crippen molar-refractivity contribution in [2.24, 2.45) is 0 Å². The molecule has 0 aromatic heterocycles. The van der Waals surface area contributed by atoms with Gasteiger partial charge in [0.15, 0.2) is 0 Å². The van der Waals surface area contributed by atoms with Gasteiger partial charge in [-0.15, -0.1) is 0 Å². The van der Waals surface area contributed by atoms with E-state index in [1.165, 1.54) is 0 Å². The second kappa shape index (κ2) is 8.64. The van der Waals surface area contributed by atoms with Gasteiger partial charge in [0.2, 0.25) is 15.9 Å². The fourth-order valence-corrected chi connectivity index (χ4v) is 4.29. The molecule has 156 valence electrons. The van der Waals surface area contributed by atoms with Crippen LogP contribution in [0.3, 0.4) is 0 Å². The summed E-state index contributed by atoms with van der Waals surface area (Å²) in [6.45, 7) is 0.619. The lowest BCUT2D eigenvalue weighted by molar-refractivity contribution is -0.142. The first kappa shape index (κ1) is 20.8. The van der Waals surface area contributed by atoms with Crippen molar-refractivity contribution in [1.29, 1.82) is 0 Å². The molecule has 10 heteroatoms. The Bertz CT molecular complexity index is 814. The molecule has 1 saturated heterocycles. The Morgan fingerprint density at radius 3 is 2.86 bits per heavy atom. The monoisotopic (exact) mass is 414 g/mol. The summed E-state index contributed by atoms with van der Waals surface area (Å²) in [7, 11) is -1.83. The first-order chi connectivity index (χ1) is 13.3. The molecule has 0 unspecified atom stereocenters. The van der Waals surface area contributed by atoms with Gasteiger partial charge in [-0.2, -0.15) is 0 Å². The molecule has 3 rings (SSSR count). The normalized spacial score (nSPS) is 26.1. The molecule has 2 aliphatic rings. The molecule has 1 aromatic rings. The van der Waals surface area contributed by atoms with E-state index in [2.05, 4.69) is 10.0 Å². The third-order valence-electron chi connectivity index (χ3n) is 4.84. The lowest BCUT2D eigenvalue weighted by atomic mass is 9.84.